The number of hydrogen-bond donors (Lipinski definition) is 2. The highest BCUT2D eigenvalue weighted by molar-refractivity contribution is 7.92. The van der Waals surface area contributed by atoms with Crippen molar-refractivity contribution in [2.24, 2.45) is 0 Å². The number of sulfonamides is 1. The molecular weight excluding hydrogens is 456 g/mol. The van der Waals surface area contributed by atoms with Gasteiger partial charge in [-0.15, -0.1) is 0 Å². The van der Waals surface area contributed by atoms with Gasteiger partial charge in [-0.25, -0.2) is 8.42 Å². The van der Waals surface area contributed by atoms with Gasteiger partial charge in [-0.1, -0.05) is 83.9 Å². The summed E-state index contributed by atoms with van der Waals surface area (Å²) in [5, 5.41) is 3.12. The maximum absolute atomic E-state index is 13.3. The number of anilines is 1. The molecule has 0 radical (unpaired) electrons. The smallest absolute Gasteiger partial charge is 0.261 e. The molecule has 0 fully saturated rings. The van der Waals surface area contributed by atoms with Crippen LogP contribution in [0.3, 0.4) is 0 Å². The van der Waals surface area contributed by atoms with Gasteiger partial charge in [-0.2, -0.15) is 0 Å². The summed E-state index contributed by atoms with van der Waals surface area (Å²) in [4.78, 5) is 13.5. The van der Waals surface area contributed by atoms with E-state index in [9.17, 15) is 13.2 Å². The zero-order valence-electron chi connectivity index (χ0n) is 19.9. The molecule has 0 aliphatic carbocycles. The number of carbonyl (C=O) groups excluding carboxylic acids is 1. The molecule has 0 heterocycles. The molecule has 0 spiro atoms. The molecule has 0 aliphatic rings. The minimum absolute atomic E-state index is 0.167. The minimum Gasteiger partial charge on any atom is -0.341 e. The van der Waals surface area contributed by atoms with Crippen LogP contribution in [0.25, 0.3) is 0 Å². The van der Waals surface area contributed by atoms with E-state index in [1.54, 1.807) is 49.4 Å². The number of amides is 1. The lowest BCUT2D eigenvalue weighted by atomic mass is 9.97. The van der Waals surface area contributed by atoms with E-state index in [0.29, 0.717) is 11.3 Å². The average Bonchev–Trinajstić information content (AvgIpc) is 2.85. The predicted octanol–water partition coefficient (Wildman–Crippen LogP) is 5.93. The van der Waals surface area contributed by atoms with Gasteiger partial charge in [0.25, 0.3) is 15.9 Å². The molecule has 0 saturated heterocycles. The Morgan fingerprint density at radius 2 is 1.29 bits per heavy atom. The number of aryl methyl sites for hydroxylation is 3. The van der Waals surface area contributed by atoms with Crippen molar-refractivity contribution in [2.75, 3.05) is 4.72 Å². The van der Waals surface area contributed by atoms with E-state index < -0.39 is 10.0 Å². The second-order valence-electron chi connectivity index (χ2n) is 8.68. The van der Waals surface area contributed by atoms with Crippen LogP contribution in [-0.2, 0) is 10.0 Å². The number of benzene rings is 4. The standard InChI is InChI=1S/C29H28N2O3S/c1-20-9-14-24(15-10-20)28(23-7-5-4-6-8-23)30-29(32)25-16-13-22(3)27(19-25)31-35(33,34)26-17-11-21(2)12-18-26/h4-19,28,31H,1-3H3,(H,30,32). The number of hydrogen-bond acceptors (Lipinski definition) is 3. The third-order valence-corrected chi connectivity index (χ3v) is 7.28. The zero-order chi connectivity index (χ0) is 25.0. The Balaban J connectivity index is 1.62. The molecule has 4 rings (SSSR count). The van der Waals surface area contributed by atoms with Gasteiger partial charge in [-0.05, 0) is 61.7 Å². The number of nitrogens with one attached hydrogen (secondary N) is 2. The fraction of sp³-hybridized carbons (Fsp3) is 0.138. The average molecular weight is 485 g/mol. The lowest BCUT2D eigenvalue weighted by Crippen LogP contribution is -2.29. The Morgan fingerprint density at radius 1 is 0.714 bits per heavy atom. The maximum atomic E-state index is 13.3. The Kier molecular flexibility index (Phi) is 7.03. The molecule has 1 atom stereocenters. The van der Waals surface area contributed by atoms with E-state index in [1.807, 2.05) is 68.4 Å². The highest BCUT2D eigenvalue weighted by Crippen LogP contribution is 2.25. The van der Waals surface area contributed by atoms with Crippen molar-refractivity contribution in [3.05, 3.63) is 130 Å². The van der Waals surface area contributed by atoms with Gasteiger partial charge in [0, 0.05) is 5.56 Å². The van der Waals surface area contributed by atoms with Gasteiger partial charge in [-0.3, -0.25) is 9.52 Å². The first kappa shape index (κ1) is 24.2. The van der Waals surface area contributed by atoms with E-state index in [2.05, 4.69) is 10.0 Å². The van der Waals surface area contributed by atoms with E-state index in [1.165, 1.54) is 0 Å². The van der Waals surface area contributed by atoms with Gasteiger partial charge >= 0.3 is 0 Å². The van der Waals surface area contributed by atoms with E-state index >= 15 is 0 Å². The normalized spacial score (nSPS) is 12.1. The van der Waals surface area contributed by atoms with Crippen LogP contribution in [0.1, 0.15) is 44.2 Å². The van der Waals surface area contributed by atoms with Gasteiger partial charge in [0.2, 0.25) is 0 Å². The first-order chi connectivity index (χ1) is 16.7. The minimum atomic E-state index is -3.79. The summed E-state index contributed by atoms with van der Waals surface area (Å²) in [5.74, 6) is -0.296. The van der Waals surface area contributed by atoms with Crippen LogP contribution in [0.2, 0.25) is 0 Å². The SMILES string of the molecule is Cc1ccc(C(NC(=O)c2ccc(C)c(NS(=O)(=O)c3ccc(C)cc3)c2)c2ccccc2)cc1. The van der Waals surface area contributed by atoms with Crippen molar-refractivity contribution in [2.45, 2.75) is 31.7 Å². The van der Waals surface area contributed by atoms with Crippen molar-refractivity contribution in [1.82, 2.24) is 5.32 Å². The fourth-order valence-corrected chi connectivity index (χ4v) is 4.89. The highest BCUT2D eigenvalue weighted by atomic mass is 32.2. The molecule has 0 aromatic heterocycles. The summed E-state index contributed by atoms with van der Waals surface area (Å²) in [6.45, 7) is 5.72. The van der Waals surface area contributed by atoms with Gasteiger partial charge in [0.15, 0.2) is 0 Å². The number of carbonyl (C=O) groups is 1. The molecule has 35 heavy (non-hydrogen) atoms. The molecule has 1 amide bonds. The van der Waals surface area contributed by atoms with Crippen LogP contribution in [0, 0.1) is 20.8 Å². The van der Waals surface area contributed by atoms with Crippen molar-refractivity contribution < 1.29 is 13.2 Å². The molecule has 2 N–H and O–H groups in total. The van der Waals surface area contributed by atoms with Crippen LogP contribution in [0.15, 0.2) is 102 Å². The molecule has 0 bridgehead atoms. The van der Waals surface area contributed by atoms with Gasteiger partial charge < -0.3 is 5.32 Å². The Labute approximate surface area is 206 Å². The molecular formula is C29H28N2O3S. The lowest BCUT2D eigenvalue weighted by molar-refractivity contribution is 0.0943. The first-order valence-electron chi connectivity index (χ1n) is 11.4. The van der Waals surface area contributed by atoms with Crippen molar-refractivity contribution >= 4 is 21.6 Å². The quantitative estimate of drug-likeness (QED) is 0.341. The van der Waals surface area contributed by atoms with Crippen molar-refractivity contribution in [1.29, 1.82) is 0 Å². The van der Waals surface area contributed by atoms with Gasteiger partial charge in [0.1, 0.15) is 0 Å². The van der Waals surface area contributed by atoms with Crippen molar-refractivity contribution in [3.63, 3.8) is 0 Å². The molecule has 5 nitrogen and oxygen atoms in total. The summed E-state index contributed by atoms with van der Waals surface area (Å²) >= 11 is 0. The highest BCUT2D eigenvalue weighted by Gasteiger charge is 2.20. The summed E-state index contributed by atoms with van der Waals surface area (Å²) < 4.78 is 28.5. The molecule has 4 aromatic carbocycles. The van der Waals surface area contributed by atoms with E-state index in [4.69, 9.17) is 0 Å². The summed E-state index contributed by atoms with van der Waals surface area (Å²) in [5.41, 5.74) is 5.47. The number of rotatable bonds is 7. The van der Waals surface area contributed by atoms with E-state index in [0.717, 1.165) is 27.8 Å². The van der Waals surface area contributed by atoms with Crippen LogP contribution < -0.4 is 10.0 Å². The lowest BCUT2D eigenvalue weighted by Gasteiger charge is -2.21. The third kappa shape index (κ3) is 5.78. The topological polar surface area (TPSA) is 75.3 Å². The second-order valence-corrected chi connectivity index (χ2v) is 10.4. The van der Waals surface area contributed by atoms with Gasteiger partial charge in [0.05, 0.1) is 16.6 Å². The second kappa shape index (κ2) is 10.2. The molecule has 4 aromatic rings. The molecule has 1 unspecified atom stereocenters. The van der Waals surface area contributed by atoms with Crippen molar-refractivity contribution in [3.8, 4) is 0 Å². The molecule has 0 saturated carbocycles. The summed E-state index contributed by atoms with van der Waals surface area (Å²) in [6.07, 6.45) is 0. The largest absolute Gasteiger partial charge is 0.341 e. The third-order valence-electron chi connectivity index (χ3n) is 5.89. The zero-order valence-corrected chi connectivity index (χ0v) is 20.8. The Hall–Kier alpha value is -3.90. The van der Waals surface area contributed by atoms with E-state index in [-0.39, 0.29) is 16.8 Å². The Morgan fingerprint density at radius 3 is 1.91 bits per heavy atom. The van der Waals surface area contributed by atoms with Crippen LogP contribution in [-0.4, -0.2) is 14.3 Å². The first-order valence-corrected chi connectivity index (χ1v) is 12.8. The monoisotopic (exact) mass is 484 g/mol. The summed E-state index contributed by atoms with van der Waals surface area (Å²) in [7, 11) is -3.79. The summed E-state index contributed by atoms with van der Waals surface area (Å²) in [6, 6.07) is 29.1. The van der Waals surface area contributed by atoms with Crippen LogP contribution >= 0.6 is 0 Å². The molecule has 178 valence electrons. The molecule has 6 heteroatoms. The molecule has 0 aliphatic heterocycles. The fourth-order valence-electron chi connectivity index (χ4n) is 3.77. The van der Waals surface area contributed by atoms with Crippen LogP contribution in [0.4, 0.5) is 5.69 Å². The predicted molar refractivity (Wildman–Crippen MR) is 140 cm³/mol. The van der Waals surface area contributed by atoms with Crippen LogP contribution in [0.5, 0.6) is 0 Å². The maximum Gasteiger partial charge on any atom is 0.261 e. The Bertz CT molecular complexity index is 1430.